The smallest absolute Gasteiger partial charge is 0.0974 e. The third-order valence-corrected chi connectivity index (χ3v) is 3.75. The molecule has 0 radical (unpaired) electrons. The Kier molecular flexibility index (Phi) is 3.29. The van der Waals surface area contributed by atoms with Gasteiger partial charge in [0.1, 0.15) is 0 Å². The van der Waals surface area contributed by atoms with E-state index >= 15 is 0 Å². The number of aliphatic hydroxyl groups is 1. The molecule has 1 nitrogen and oxygen atoms in total. The Morgan fingerprint density at radius 2 is 1.81 bits per heavy atom. The lowest BCUT2D eigenvalue weighted by Gasteiger charge is -2.24. The monoisotopic (exact) mass is 328 g/mol. The highest BCUT2D eigenvalue weighted by molar-refractivity contribution is 14.1. The second-order valence-corrected chi connectivity index (χ2v) is 6.38. The van der Waals surface area contributed by atoms with Gasteiger partial charge in [-0.15, -0.1) is 0 Å². The highest BCUT2D eigenvalue weighted by Crippen LogP contribution is 2.40. The second-order valence-electron chi connectivity index (χ2n) is 5.14. The number of hydrogen-bond acceptors (Lipinski definition) is 1. The molecule has 2 rings (SSSR count). The fraction of sp³-hybridized carbons (Fsp3) is 0.429. The molecule has 0 saturated heterocycles. The van der Waals surface area contributed by atoms with Crippen molar-refractivity contribution < 1.29 is 5.11 Å². The van der Waals surface area contributed by atoms with Crippen LogP contribution in [0.3, 0.4) is 0 Å². The SMILES string of the molecule is CC(C)(Cc1ccc(I)cc1)C(O)=C1CC1. The van der Waals surface area contributed by atoms with E-state index in [1.54, 1.807) is 0 Å². The van der Waals surface area contributed by atoms with E-state index in [1.165, 1.54) is 14.7 Å². The van der Waals surface area contributed by atoms with Gasteiger partial charge in [-0.2, -0.15) is 0 Å². The molecule has 0 spiro atoms. The van der Waals surface area contributed by atoms with Crippen LogP contribution in [0.15, 0.2) is 35.6 Å². The maximum atomic E-state index is 10.1. The predicted octanol–water partition coefficient (Wildman–Crippen LogP) is 4.47. The van der Waals surface area contributed by atoms with Crippen molar-refractivity contribution in [3.63, 3.8) is 0 Å². The molecule has 0 aliphatic heterocycles. The van der Waals surface area contributed by atoms with E-state index in [0.717, 1.165) is 19.3 Å². The van der Waals surface area contributed by atoms with Gasteiger partial charge >= 0.3 is 0 Å². The third kappa shape index (κ3) is 2.78. The Hall–Kier alpha value is -0.510. The third-order valence-electron chi connectivity index (χ3n) is 3.04. The van der Waals surface area contributed by atoms with Crippen LogP contribution in [0.2, 0.25) is 0 Å². The van der Waals surface area contributed by atoms with E-state index in [0.29, 0.717) is 5.76 Å². The minimum atomic E-state index is -0.126. The Morgan fingerprint density at radius 3 is 2.31 bits per heavy atom. The van der Waals surface area contributed by atoms with Gasteiger partial charge in [-0.25, -0.2) is 0 Å². The van der Waals surface area contributed by atoms with Crippen LogP contribution >= 0.6 is 22.6 Å². The number of hydrogen-bond donors (Lipinski definition) is 1. The van der Waals surface area contributed by atoms with Gasteiger partial charge in [0.2, 0.25) is 0 Å². The van der Waals surface area contributed by atoms with Gasteiger partial charge in [0, 0.05) is 8.99 Å². The summed E-state index contributed by atoms with van der Waals surface area (Å²) in [6.07, 6.45) is 3.07. The molecule has 0 aromatic heterocycles. The Balaban J connectivity index is 2.14. The highest BCUT2D eigenvalue weighted by Gasteiger charge is 2.30. The van der Waals surface area contributed by atoms with E-state index < -0.39 is 0 Å². The molecular weight excluding hydrogens is 311 g/mol. The molecule has 1 saturated carbocycles. The summed E-state index contributed by atoms with van der Waals surface area (Å²) in [5.41, 5.74) is 2.41. The van der Waals surface area contributed by atoms with Crippen LogP contribution in [0.5, 0.6) is 0 Å². The number of allylic oxidation sites excluding steroid dienone is 2. The van der Waals surface area contributed by atoms with Gasteiger partial charge in [0.25, 0.3) is 0 Å². The molecule has 0 atom stereocenters. The van der Waals surface area contributed by atoms with Crippen molar-refractivity contribution in [3.05, 3.63) is 44.7 Å². The van der Waals surface area contributed by atoms with Crippen LogP contribution in [0.1, 0.15) is 32.3 Å². The normalized spacial score (nSPS) is 15.1. The fourth-order valence-electron chi connectivity index (χ4n) is 1.97. The summed E-state index contributed by atoms with van der Waals surface area (Å²) in [5.74, 6) is 0.617. The summed E-state index contributed by atoms with van der Waals surface area (Å²) < 4.78 is 1.25. The van der Waals surface area contributed by atoms with Crippen molar-refractivity contribution in [2.45, 2.75) is 33.1 Å². The van der Waals surface area contributed by atoms with Gasteiger partial charge in [-0.05, 0) is 65.1 Å². The zero-order valence-electron chi connectivity index (χ0n) is 9.76. The fourth-order valence-corrected chi connectivity index (χ4v) is 2.33. The molecule has 1 aromatic rings. The first-order valence-corrected chi connectivity index (χ1v) is 6.73. The lowest BCUT2D eigenvalue weighted by molar-refractivity contribution is 0.254. The first-order chi connectivity index (χ1) is 7.49. The van der Waals surface area contributed by atoms with Crippen LogP contribution in [0.4, 0.5) is 0 Å². The molecule has 1 aliphatic rings. The minimum absolute atomic E-state index is 0.126. The van der Waals surface area contributed by atoms with Crippen LogP contribution < -0.4 is 0 Å². The molecule has 16 heavy (non-hydrogen) atoms. The van der Waals surface area contributed by atoms with E-state index in [4.69, 9.17) is 0 Å². The van der Waals surface area contributed by atoms with Gasteiger partial charge in [0.15, 0.2) is 0 Å². The molecule has 0 bridgehead atoms. The van der Waals surface area contributed by atoms with E-state index in [2.05, 4.69) is 60.7 Å². The first kappa shape index (κ1) is 12.0. The van der Waals surface area contributed by atoms with E-state index in [-0.39, 0.29) is 5.41 Å². The molecule has 1 fully saturated rings. The largest absolute Gasteiger partial charge is 0.512 e. The Bertz CT molecular complexity index is 409. The maximum Gasteiger partial charge on any atom is 0.0974 e. The summed E-state index contributed by atoms with van der Waals surface area (Å²) in [7, 11) is 0. The lowest BCUT2D eigenvalue weighted by atomic mass is 9.83. The van der Waals surface area contributed by atoms with E-state index in [9.17, 15) is 5.11 Å². The van der Waals surface area contributed by atoms with Gasteiger partial charge in [-0.1, -0.05) is 26.0 Å². The van der Waals surface area contributed by atoms with Crippen LogP contribution in [-0.2, 0) is 6.42 Å². The van der Waals surface area contributed by atoms with Crippen molar-refractivity contribution in [1.82, 2.24) is 0 Å². The van der Waals surface area contributed by atoms with Gasteiger partial charge in [0.05, 0.1) is 5.76 Å². The van der Waals surface area contributed by atoms with Crippen molar-refractivity contribution >= 4 is 22.6 Å². The minimum Gasteiger partial charge on any atom is -0.512 e. The Morgan fingerprint density at radius 1 is 1.25 bits per heavy atom. The quantitative estimate of drug-likeness (QED) is 0.641. The van der Waals surface area contributed by atoms with Crippen LogP contribution in [0.25, 0.3) is 0 Å². The van der Waals surface area contributed by atoms with Crippen molar-refractivity contribution in [3.8, 4) is 0 Å². The maximum absolute atomic E-state index is 10.1. The first-order valence-electron chi connectivity index (χ1n) is 5.65. The van der Waals surface area contributed by atoms with E-state index in [1.807, 2.05) is 0 Å². The molecule has 1 aliphatic carbocycles. The number of halogens is 1. The number of rotatable bonds is 3. The molecule has 2 heteroatoms. The van der Waals surface area contributed by atoms with Crippen molar-refractivity contribution in [1.29, 1.82) is 0 Å². The summed E-state index contributed by atoms with van der Waals surface area (Å²) in [6, 6.07) is 8.53. The standard InChI is InChI=1S/C14H17IO/c1-14(2,13(16)11-5-6-11)9-10-3-7-12(15)8-4-10/h3-4,7-8,16H,5-6,9H2,1-2H3. The van der Waals surface area contributed by atoms with Gasteiger partial charge < -0.3 is 5.11 Å². The van der Waals surface area contributed by atoms with Crippen LogP contribution in [-0.4, -0.2) is 5.11 Å². The number of aliphatic hydroxyl groups excluding tert-OH is 1. The number of benzene rings is 1. The predicted molar refractivity (Wildman–Crippen MR) is 75.5 cm³/mol. The van der Waals surface area contributed by atoms with Gasteiger partial charge in [-0.3, -0.25) is 0 Å². The molecule has 1 N–H and O–H groups in total. The molecule has 86 valence electrons. The summed E-state index contributed by atoms with van der Waals surface area (Å²) in [5, 5.41) is 10.1. The summed E-state index contributed by atoms with van der Waals surface area (Å²) in [4.78, 5) is 0. The average Bonchev–Trinajstić information content (AvgIpc) is 3.03. The highest BCUT2D eigenvalue weighted by atomic mass is 127. The topological polar surface area (TPSA) is 20.2 Å². The molecule has 0 unspecified atom stereocenters. The van der Waals surface area contributed by atoms with Crippen LogP contribution in [0, 0.1) is 8.99 Å². The molecular formula is C14H17IO. The second kappa shape index (κ2) is 4.40. The van der Waals surface area contributed by atoms with Crippen molar-refractivity contribution in [2.75, 3.05) is 0 Å². The van der Waals surface area contributed by atoms with Crippen molar-refractivity contribution in [2.24, 2.45) is 5.41 Å². The zero-order valence-corrected chi connectivity index (χ0v) is 11.9. The molecule has 0 amide bonds. The Labute approximate surface area is 111 Å². The lowest BCUT2D eigenvalue weighted by Crippen LogP contribution is -2.18. The average molecular weight is 328 g/mol. The molecule has 1 aromatic carbocycles. The summed E-state index contributed by atoms with van der Waals surface area (Å²) >= 11 is 2.31. The zero-order chi connectivity index (χ0) is 11.8. The molecule has 0 heterocycles. The summed E-state index contributed by atoms with van der Waals surface area (Å²) in [6.45, 7) is 4.23.